The lowest BCUT2D eigenvalue weighted by Crippen LogP contribution is -2.14. The molecule has 122 valence electrons. The van der Waals surface area contributed by atoms with E-state index in [0.29, 0.717) is 16.4 Å². The first-order valence-corrected chi connectivity index (χ1v) is 8.26. The monoisotopic (exact) mass is 331 g/mol. The fourth-order valence-electron chi connectivity index (χ4n) is 2.17. The Bertz CT molecular complexity index is 656. The zero-order valence-corrected chi connectivity index (χ0v) is 14.3. The van der Waals surface area contributed by atoms with Crippen LogP contribution in [0.5, 0.6) is 0 Å². The molecule has 2 rings (SSSR count). The first-order chi connectivity index (χ1) is 11.1. The molecule has 0 radical (unpaired) electrons. The van der Waals surface area contributed by atoms with Crippen LogP contribution in [0, 0.1) is 6.92 Å². The summed E-state index contributed by atoms with van der Waals surface area (Å²) >= 11 is 6.06. The number of amides is 1. The molecule has 23 heavy (non-hydrogen) atoms. The minimum atomic E-state index is -0.243. The van der Waals surface area contributed by atoms with Crippen molar-refractivity contribution in [2.75, 3.05) is 17.2 Å². The molecule has 1 amide bonds. The van der Waals surface area contributed by atoms with Crippen molar-refractivity contribution in [1.82, 2.24) is 4.98 Å². The lowest BCUT2D eigenvalue weighted by atomic mass is 10.2. The SMILES string of the molecule is CCCCCNc1ccc(C(=O)Nc2cccc(Cl)c2C)nc1. The van der Waals surface area contributed by atoms with Gasteiger partial charge in [-0.1, -0.05) is 37.4 Å². The maximum Gasteiger partial charge on any atom is 0.274 e. The van der Waals surface area contributed by atoms with Crippen LogP contribution in [0.1, 0.15) is 42.2 Å². The van der Waals surface area contributed by atoms with Gasteiger partial charge >= 0.3 is 0 Å². The van der Waals surface area contributed by atoms with E-state index in [9.17, 15) is 4.79 Å². The average molecular weight is 332 g/mol. The molecule has 1 aromatic heterocycles. The summed E-state index contributed by atoms with van der Waals surface area (Å²) in [5, 5.41) is 6.77. The second kappa shape index (κ2) is 8.53. The fourth-order valence-corrected chi connectivity index (χ4v) is 2.34. The molecule has 1 aromatic carbocycles. The topological polar surface area (TPSA) is 54.0 Å². The van der Waals surface area contributed by atoms with Crippen LogP contribution >= 0.6 is 11.6 Å². The lowest BCUT2D eigenvalue weighted by molar-refractivity contribution is 0.102. The van der Waals surface area contributed by atoms with E-state index in [-0.39, 0.29) is 5.91 Å². The summed E-state index contributed by atoms with van der Waals surface area (Å²) in [7, 11) is 0. The molecule has 2 N–H and O–H groups in total. The van der Waals surface area contributed by atoms with Gasteiger partial charge < -0.3 is 10.6 Å². The summed E-state index contributed by atoms with van der Waals surface area (Å²) in [6.07, 6.45) is 5.22. The number of hydrogen-bond acceptors (Lipinski definition) is 3. The Morgan fingerprint density at radius 1 is 1.22 bits per heavy atom. The molecule has 0 unspecified atom stereocenters. The number of nitrogens with zero attached hydrogens (tertiary/aromatic N) is 1. The number of unbranched alkanes of at least 4 members (excludes halogenated alkanes) is 2. The molecule has 0 bridgehead atoms. The smallest absolute Gasteiger partial charge is 0.274 e. The van der Waals surface area contributed by atoms with E-state index >= 15 is 0 Å². The Balaban J connectivity index is 1.96. The zero-order chi connectivity index (χ0) is 16.7. The van der Waals surface area contributed by atoms with E-state index in [1.54, 1.807) is 18.3 Å². The Hall–Kier alpha value is -2.07. The number of pyridine rings is 1. The largest absolute Gasteiger partial charge is 0.384 e. The van der Waals surface area contributed by atoms with E-state index in [2.05, 4.69) is 22.5 Å². The van der Waals surface area contributed by atoms with Crippen molar-refractivity contribution in [3.63, 3.8) is 0 Å². The molecular formula is C18H22ClN3O. The number of carbonyl (C=O) groups excluding carboxylic acids is 1. The Labute approximate surface area is 142 Å². The van der Waals surface area contributed by atoms with Gasteiger partial charge in [-0.25, -0.2) is 4.98 Å². The van der Waals surface area contributed by atoms with Crippen molar-refractivity contribution >= 4 is 28.9 Å². The van der Waals surface area contributed by atoms with Crippen molar-refractivity contribution in [2.24, 2.45) is 0 Å². The molecule has 0 saturated heterocycles. The van der Waals surface area contributed by atoms with Crippen molar-refractivity contribution in [1.29, 1.82) is 0 Å². The predicted molar refractivity (Wildman–Crippen MR) is 96.4 cm³/mol. The highest BCUT2D eigenvalue weighted by Crippen LogP contribution is 2.23. The van der Waals surface area contributed by atoms with Crippen LogP contribution in [0.4, 0.5) is 11.4 Å². The first kappa shape index (κ1) is 17.3. The first-order valence-electron chi connectivity index (χ1n) is 7.88. The molecule has 5 heteroatoms. The third kappa shape index (κ3) is 4.96. The number of nitrogens with one attached hydrogen (secondary N) is 2. The normalized spacial score (nSPS) is 10.4. The summed E-state index contributed by atoms with van der Waals surface area (Å²) in [4.78, 5) is 16.5. The fraction of sp³-hybridized carbons (Fsp3) is 0.333. The van der Waals surface area contributed by atoms with Crippen LogP contribution in [0.2, 0.25) is 5.02 Å². The molecule has 0 aliphatic heterocycles. The van der Waals surface area contributed by atoms with Crippen molar-refractivity contribution in [2.45, 2.75) is 33.1 Å². The van der Waals surface area contributed by atoms with E-state index in [4.69, 9.17) is 11.6 Å². The number of aromatic nitrogens is 1. The summed E-state index contributed by atoms with van der Waals surface area (Å²) in [6.45, 7) is 4.97. The lowest BCUT2D eigenvalue weighted by Gasteiger charge is -2.10. The van der Waals surface area contributed by atoms with Gasteiger partial charge in [0, 0.05) is 17.3 Å². The minimum absolute atomic E-state index is 0.243. The minimum Gasteiger partial charge on any atom is -0.384 e. The quantitative estimate of drug-likeness (QED) is 0.710. The zero-order valence-electron chi connectivity index (χ0n) is 13.5. The summed E-state index contributed by atoms with van der Waals surface area (Å²) < 4.78 is 0. The number of hydrogen-bond donors (Lipinski definition) is 2. The molecule has 2 aromatic rings. The van der Waals surface area contributed by atoms with E-state index in [0.717, 1.165) is 24.2 Å². The molecule has 0 aliphatic rings. The van der Waals surface area contributed by atoms with Gasteiger partial charge in [-0.3, -0.25) is 4.79 Å². The number of carbonyl (C=O) groups is 1. The highest BCUT2D eigenvalue weighted by atomic mass is 35.5. The number of benzene rings is 1. The Morgan fingerprint density at radius 2 is 2.04 bits per heavy atom. The summed E-state index contributed by atoms with van der Waals surface area (Å²) in [5.74, 6) is -0.243. The number of anilines is 2. The third-order valence-corrected chi connectivity index (χ3v) is 4.03. The second-order valence-corrected chi connectivity index (χ2v) is 5.84. The maximum atomic E-state index is 12.3. The molecular weight excluding hydrogens is 310 g/mol. The molecule has 0 atom stereocenters. The molecule has 4 nitrogen and oxygen atoms in total. The van der Waals surface area contributed by atoms with Gasteiger partial charge in [0.05, 0.1) is 11.9 Å². The van der Waals surface area contributed by atoms with Gasteiger partial charge in [0.25, 0.3) is 5.91 Å². The van der Waals surface area contributed by atoms with E-state index in [1.165, 1.54) is 12.8 Å². The molecule has 0 aliphatic carbocycles. The summed E-state index contributed by atoms with van der Waals surface area (Å²) in [5.41, 5.74) is 2.85. The van der Waals surface area contributed by atoms with Gasteiger partial charge in [0.2, 0.25) is 0 Å². The van der Waals surface area contributed by atoms with E-state index in [1.807, 2.05) is 25.1 Å². The van der Waals surface area contributed by atoms with Crippen LogP contribution in [-0.4, -0.2) is 17.4 Å². The molecule has 0 fully saturated rings. The van der Waals surface area contributed by atoms with Crippen LogP contribution in [0.3, 0.4) is 0 Å². The predicted octanol–water partition coefficient (Wildman–Crippen LogP) is 4.90. The number of halogens is 1. The van der Waals surface area contributed by atoms with Crippen LogP contribution in [-0.2, 0) is 0 Å². The Kier molecular flexibility index (Phi) is 6.41. The van der Waals surface area contributed by atoms with Crippen molar-refractivity contribution in [3.05, 3.63) is 52.8 Å². The van der Waals surface area contributed by atoms with Crippen LogP contribution < -0.4 is 10.6 Å². The van der Waals surface area contributed by atoms with Gasteiger partial charge in [-0.05, 0) is 43.2 Å². The average Bonchev–Trinajstić information content (AvgIpc) is 2.56. The summed E-state index contributed by atoms with van der Waals surface area (Å²) in [6, 6.07) is 9.02. The van der Waals surface area contributed by atoms with Gasteiger partial charge in [-0.15, -0.1) is 0 Å². The van der Waals surface area contributed by atoms with Crippen molar-refractivity contribution in [3.8, 4) is 0 Å². The standard InChI is InChI=1S/C18H22ClN3O/c1-3-4-5-11-20-14-9-10-17(21-12-14)18(23)22-16-8-6-7-15(19)13(16)2/h6-10,12,20H,3-5,11H2,1-2H3,(H,22,23). The Morgan fingerprint density at radius 3 is 2.74 bits per heavy atom. The second-order valence-electron chi connectivity index (χ2n) is 5.43. The highest BCUT2D eigenvalue weighted by Gasteiger charge is 2.10. The van der Waals surface area contributed by atoms with Gasteiger partial charge in [0.1, 0.15) is 5.69 Å². The molecule has 1 heterocycles. The molecule has 0 saturated carbocycles. The highest BCUT2D eigenvalue weighted by molar-refractivity contribution is 6.31. The van der Waals surface area contributed by atoms with E-state index < -0.39 is 0 Å². The van der Waals surface area contributed by atoms with Crippen LogP contribution in [0.15, 0.2) is 36.5 Å². The van der Waals surface area contributed by atoms with Gasteiger partial charge in [0.15, 0.2) is 0 Å². The van der Waals surface area contributed by atoms with Crippen molar-refractivity contribution < 1.29 is 4.79 Å². The molecule has 0 spiro atoms. The number of rotatable bonds is 7. The van der Waals surface area contributed by atoms with Crippen LogP contribution in [0.25, 0.3) is 0 Å². The third-order valence-electron chi connectivity index (χ3n) is 3.62. The maximum absolute atomic E-state index is 12.3. The van der Waals surface area contributed by atoms with Gasteiger partial charge in [-0.2, -0.15) is 0 Å².